The van der Waals surface area contributed by atoms with E-state index in [-0.39, 0.29) is 24.8 Å². The minimum absolute atomic E-state index is 0.0728. The zero-order chi connectivity index (χ0) is 15.7. The lowest BCUT2D eigenvalue weighted by molar-refractivity contribution is -0.117. The highest BCUT2D eigenvalue weighted by Gasteiger charge is 2.10. The van der Waals surface area contributed by atoms with Gasteiger partial charge in [0.05, 0.1) is 18.5 Å². The minimum atomic E-state index is -0.199. The molecule has 0 aliphatic heterocycles. The molecule has 1 aromatic rings. The maximum Gasteiger partial charge on any atom is 0.225 e. The molecule has 0 radical (unpaired) electrons. The molecule has 1 rings (SSSR count). The summed E-state index contributed by atoms with van der Waals surface area (Å²) in [5.41, 5.74) is 6.43. The van der Waals surface area contributed by atoms with Gasteiger partial charge in [-0.05, 0) is 18.6 Å². The Kier molecular flexibility index (Phi) is 7.25. The van der Waals surface area contributed by atoms with Crippen molar-refractivity contribution in [3.63, 3.8) is 0 Å². The monoisotopic (exact) mass is 293 g/mol. The molecule has 0 saturated heterocycles. The SMILES string of the molecule is CCCCC(=O)Nc1ccc(OC)cc1NC(=O)CCN. The summed E-state index contributed by atoms with van der Waals surface area (Å²) >= 11 is 0. The summed E-state index contributed by atoms with van der Waals surface area (Å²) in [7, 11) is 1.54. The Bertz CT molecular complexity index is 489. The van der Waals surface area contributed by atoms with Crippen molar-refractivity contribution in [3.8, 4) is 5.75 Å². The van der Waals surface area contributed by atoms with E-state index in [1.54, 1.807) is 25.3 Å². The molecule has 0 spiro atoms. The molecule has 6 nitrogen and oxygen atoms in total. The number of amides is 2. The molecule has 0 saturated carbocycles. The van der Waals surface area contributed by atoms with Crippen LogP contribution in [0.15, 0.2) is 18.2 Å². The number of anilines is 2. The van der Waals surface area contributed by atoms with Gasteiger partial charge in [-0.25, -0.2) is 0 Å². The molecular weight excluding hydrogens is 270 g/mol. The molecule has 0 heterocycles. The largest absolute Gasteiger partial charge is 0.497 e. The summed E-state index contributed by atoms with van der Waals surface area (Å²) < 4.78 is 5.13. The van der Waals surface area contributed by atoms with Crippen molar-refractivity contribution < 1.29 is 14.3 Å². The predicted octanol–water partition coefficient (Wildman–Crippen LogP) is 2.11. The number of hydrogen-bond acceptors (Lipinski definition) is 4. The van der Waals surface area contributed by atoms with Crippen molar-refractivity contribution in [1.82, 2.24) is 0 Å². The molecule has 0 aromatic heterocycles. The van der Waals surface area contributed by atoms with E-state index in [1.165, 1.54) is 0 Å². The van der Waals surface area contributed by atoms with Gasteiger partial charge in [0.1, 0.15) is 5.75 Å². The summed E-state index contributed by atoms with van der Waals surface area (Å²) in [5.74, 6) is 0.329. The molecule has 0 bridgehead atoms. The molecular formula is C15H23N3O3. The van der Waals surface area contributed by atoms with E-state index < -0.39 is 0 Å². The number of benzene rings is 1. The van der Waals surface area contributed by atoms with Crippen LogP contribution < -0.4 is 21.1 Å². The third-order valence-electron chi connectivity index (χ3n) is 2.90. The van der Waals surface area contributed by atoms with Crippen LogP contribution in [0.4, 0.5) is 11.4 Å². The Hall–Kier alpha value is -2.08. The van der Waals surface area contributed by atoms with Crippen LogP contribution in [0.1, 0.15) is 32.6 Å². The molecule has 116 valence electrons. The number of nitrogens with one attached hydrogen (secondary N) is 2. The number of rotatable bonds is 8. The summed E-state index contributed by atoms with van der Waals surface area (Å²) in [6, 6.07) is 5.11. The molecule has 4 N–H and O–H groups in total. The number of nitrogens with two attached hydrogens (primary N) is 1. The quantitative estimate of drug-likeness (QED) is 0.684. The van der Waals surface area contributed by atoms with Gasteiger partial charge < -0.3 is 21.1 Å². The van der Waals surface area contributed by atoms with Gasteiger partial charge in [0.25, 0.3) is 0 Å². The first-order valence-corrected chi connectivity index (χ1v) is 7.08. The zero-order valence-corrected chi connectivity index (χ0v) is 12.6. The molecule has 0 aliphatic rings. The zero-order valence-electron chi connectivity index (χ0n) is 12.6. The molecule has 2 amide bonds. The molecule has 1 aromatic carbocycles. The van der Waals surface area contributed by atoms with Crippen LogP contribution in [0, 0.1) is 0 Å². The second-order valence-corrected chi connectivity index (χ2v) is 4.65. The first kappa shape index (κ1) is 17.0. The van der Waals surface area contributed by atoms with Crippen LogP contribution in [0.3, 0.4) is 0 Å². The van der Waals surface area contributed by atoms with Crippen molar-refractivity contribution >= 4 is 23.2 Å². The van der Waals surface area contributed by atoms with Crippen molar-refractivity contribution in [2.45, 2.75) is 32.6 Å². The van der Waals surface area contributed by atoms with E-state index >= 15 is 0 Å². The number of ether oxygens (including phenoxy) is 1. The number of carbonyl (C=O) groups excluding carboxylic acids is 2. The maximum atomic E-state index is 11.8. The number of methoxy groups -OCH3 is 1. The van der Waals surface area contributed by atoms with E-state index in [1.807, 2.05) is 6.92 Å². The molecule has 0 fully saturated rings. The Morgan fingerprint density at radius 1 is 1.14 bits per heavy atom. The second kappa shape index (κ2) is 8.97. The summed E-state index contributed by atoms with van der Waals surface area (Å²) in [6.45, 7) is 2.30. The highest BCUT2D eigenvalue weighted by molar-refractivity contribution is 5.99. The molecule has 6 heteroatoms. The maximum absolute atomic E-state index is 11.8. The minimum Gasteiger partial charge on any atom is -0.497 e. The van der Waals surface area contributed by atoms with Crippen molar-refractivity contribution in [2.24, 2.45) is 5.73 Å². The molecule has 0 unspecified atom stereocenters. The van der Waals surface area contributed by atoms with Gasteiger partial charge in [-0.1, -0.05) is 13.3 Å². The number of hydrogen-bond donors (Lipinski definition) is 3. The highest BCUT2D eigenvalue weighted by atomic mass is 16.5. The first-order chi connectivity index (χ1) is 10.1. The average Bonchev–Trinajstić information content (AvgIpc) is 2.47. The fraction of sp³-hybridized carbons (Fsp3) is 0.467. The summed E-state index contributed by atoms with van der Waals surface area (Å²) in [4.78, 5) is 23.5. The third kappa shape index (κ3) is 5.83. The number of carbonyl (C=O) groups is 2. The first-order valence-electron chi connectivity index (χ1n) is 7.08. The topological polar surface area (TPSA) is 93.5 Å². The Morgan fingerprint density at radius 3 is 2.43 bits per heavy atom. The third-order valence-corrected chi connectivity index (χ3v) is 2.90. The smallest absolute Gasteiger partial charge is 0.225 e. The Balaban J connectivity index is 2.85. The Morgan fingerprint density at radius 2 is 1.81 bits per heavy atom. The van der Waals surface area contributed by atoms with Crippen molar-refractivity contribution in [3.05, 3.63) is 18.2 Å². The van der Waals surface area contributed by atoms with Gasteiger partial charge in [0.15, 0.2) is 0 Å². The lowest BCUT2D eigenvalue weighted by atomic mass is 10.2. The lowest BCUT2D eigenvalue weighted by Gasteiger charge is -2.13. The second-order valence-electron chi connectivity index (χ2n) is 4.65. The summed E-state index contributed by atoms with van der Waals surface area (Å²) in [6.07, 6.45) is 2.46. The van der Waals surface area contributed by atoms with Crippen LogP contribution in [0.5, 0.6) is 5.75 Å². The normalized spacial score (nSPS) is 10.0. The molecule has 21 heavy (non-hydrogen) atoms. The van der Waals surface area contributed by atoms with Crippen LogP contribution in [-0.2, 0) is 9.59 Å². The predicted molar refractivity (Wildman–Crippen MR) is 83.4 cm³/mol. The van der Waals surface area contributed by atoms with Gasteiger partial charge in [-0.2, -0.15) is 0 Å². The summed E-state index contributed by atoms with van der Waals surface area (Å²) in [5, 5.41) is 5.54. The van der Waals surface area contributed by atoms with E-state index in [0.717, 1.165) is 12.8 Å². The van der Waals surface area contributed by atoms with Gasteiger partial charge in [0.2, 0.25) is 11.8 Å². The van der Waals surface area contributed by atoms with Crippen molar-refractivity contribution in [2.75, 3.05) is 24.3 Å². The van der Waals surface area contributed by atoms with Crippen LogP contribution in [-0.4, -0.2) is 25.5 Å². The molecule has 0 aliphatic carbocycles. The van der Waals surface area contributed by atoms with Crippen molar-refractivity contribution in [1.29, 1.82) is 0 Å². The van der Waals surface area contributed by atoms with E-state index in [4.69, 9.17) is 10.5 Å². The number of unbranched alkanes of at least 4 members (excludes halogenated alkanes) is 1. The fourth-order valence-electron chi connectivity index (χ4n) is 1.76. The van der Waals surface area contributed by atoms with Crippen LogP contribution in [0.2, 0.25) is 0 Å². The van der Waals surface area contributed by atoms with Crippen LogP contribution >= 0.6 is 0 Å². The highest BCUT2D eigenvalue weighted by Crippen LogP contribution is 2.27. The lowest BCUT2D eigenvalue weighted by Crippen LogP contribution is -2.18. The Labute approximate surface area is 125 Å². The van der Waals surface area contributed by atoms with Gasteiger partial charge >= 0.3 is 0 Å². The van der Waals surface area contributed by atoms with E-state index in [0.29, 0.717) is 23.5 Å². The standard InChI is InChI=1S/C15H23N3O3/c1-3-4-5-14(19)17-12-7-6-11(21-2)10-13(12)18-15(20)8-9-16/h6-7,10H,3-5,8-9,16H2,1-2H3,(H,17,19)(H,18,20). The fourth-order valence-corrected chi connectivity index (χ4v) is 1.76. The van der Waals surface area contributed by atoms with E-state index in [2.05, 4.69) is 10.6 Å². The van der Waals surface area contributed by atoms with Crippen LogP contribution in [0.25, 0.3) is 0 Å². The average molecular weight is 293 g/mol. The molecule has 0 atom stereocenters. The van der Waals surface area contributed by atoms with Gasteiger partial charge in [-0.15, -0.1) is 0 Å². The van der Waals surface area contributed by atoms with E-state index in [9.17, 15) is 9.59 Å². The van der Waals surface area contributed by atoms with Gasteiger partial charge in [0, 0.05) is 25.5 Å². The van der Waals surface area contributed by atoms with Gasteiger partial charge in [-0.3, -0.25) is 9.59 Å².